The van der Waals surface area contributed by atoms with Gasteiger partial charge in [-0.25, -0.2) is 9.97 Å². The molecule has 6 atom stereocenters. The topological polar surface area (TPSA) is 138 Å². The summed E-state index contributed by atoms with van der Waals surface area (Å²) < 4.78 is 9.42. The van der Waals surface area contributed by atoms with E-state index >= 15 is 0 Å². The van der Waals surface area contributed by atoms with Crippen LogP contribution in [0.15, 0.2) is 34.9 Å². The van der Waals surface area contributed by atoms with E-state index in [0.29, 0.717) is 22.2 Å². The van der Waals surface area contributed by atoms with Crippen molar-refractivity contribution in [2.45, 2.75) is 65.9 Å². The maximum Gasteiger partial charge on any atom is 0.226 e. The van der Waals surface area contributed by atoms with E-state index in [2.05, 4.69) is 26.3 Å². The van der Waals surface area contributed by atoms with Crippen LogP contribution < -0.4 is 5.32 Å². The molecule has 4 aromatic rings. The summed E-state index contributed by atoms with van der Waals surface area (Å²) in [6, 6.07) is 8.30. The first-order valence-corrected chi connectivity index (χ1v) is 13.9. The van der Waals surface area contributed by atoms with E-state index < -0.39 is 31.1 Å². The SMILES string of the molecule is OC[C@H]1O[C@@H](n2cnc3c(NC4CCCCC4Sc4nc5ccccc5s4)nc(Cl)nc32)[C@H](O)[C@@H]1O. The van der Waals surface area contributed by atoms with E-state index in [4.69, 9.17) is 21.3 Å². The van der Waals surface area contributed by atoms with Gasteiger partial charge in [0.05, 0.1) is 23.2 Å². The molecule has 0 spiro atoms. The van der Waals surface area contributed by atoms with E-state index in [-0.39, 0.29) is 11.3 Å². The van der Waals surface area contributed by atoms with Gasteiger partial charge in [-0.2, -0.15) is 9.97 Å². The van der Waals surface area contributed by atoms with E-state index in [1.165, 1.54) is 15.6 Å². The lowest BCUT2D eigenvalue weighted by Crippen LogP contribution is -2.34. The minimum atomic E-state index is -1.25. The van der Waals surface area contributed by atoms with E-state index in [9.17, 15) is 15.3 Å². The van der Waals surface area contributed by atoms with Crippen molar-refractivity contribution >= 4 is 61.9 Å². The molecule has 0 radical (unpaired) electrons. The number of aromatic nitrogens is 5. The van der Waals surface area contributed by atoms with Crippen molar-refractivity contribution in [3.8, 4) is 0 Å². The summed E-state index contributed by atoms with van der Waals surface area (Å²) in [5, 5.41) is 34.0. The van der Waals surface area contributed by atoms with Crippen molar-refractivity contribution in [3.05, 3.63) is 35.9 Å². The summed E-state index contributed by atoms with van der Waals surface area (Å²) >= 11 is 9.80. The predicted octanol–water partition coefficient (Wildman–Crippen LogP) is 3.22. The number of halogens is 1. The van der Waals surface area contributed by atoms with Gasteiger partial charge in [0.1, 0.15) is 18.3 Å². The summed E-state index contributed by atoms with van der Waals surface area (Å²) in [6.07, 6.45) is 1.42. The fourth-order valence-corrected chi connectivity index (χ4v) is 7.65. The highest BCUT2D eigenvalue weighted by atomic mass is 35.5. The molecular weight excluding hydrogens is 524 g/mol. The second-order valence-corrected chi connectivity index (χ2v) is 11.9. The monoisotopic (exact) mass is 548 g/mol. The molecular formula is C23H25ClN6O4S2. The van der Waals surface area contributed by atoms with Crippen LogP contribution in [0.25, 0.3) is 21.4 Å². The number of hydrogen-bond donors (Lipinski definition) is 4. The van der Waals surface area contributed by atoms with Crippen molar-refractivity contribution in [3.63, 3.8) is 0 Å². The smallest absolute Gasteiger partial charge is 0.226 e. The summed E-state index contributed by atoms with van der Waals surface area (Å²) in [5.41, 5.74) is 1.88. The Balaban J connectivity index is 1.27. The Hall–Kier alpha value is -2.06. The molecule has 0 bridgehead atoms. The lowest BCUT2D eigenvalue weighted by Gasteiger charge is -2.31. The molecule has 1 saturated carbocycles. The molecule has 2 unspecified atom stereocenters. The Morgan fingerprint density at radius 3 is 2.78 bits per heavy atom. The van der Waals surface area contributed by atoms with Gasteiger partial charge in [0.2, 0.25) is 5.28 Å². The lowest BCUT2D eigenvalue weighted by atomic mass is 9.95. The molecule has 0 amide bonds. The molecule has 10 nitrogen and oxygen atoms in total. The van der Waals surface area contributed by atoms with Crippen molar-refractivity contribution in [1.29, 1.82) is 0 Å². The minimum Gasteiger partial charge on any atom is -0.394 e. The number of thiazole rings is 1. The third-order valence-corrected chi connectivity index (χ3v) is 9.44. The molecule has 190 valence electrons. The van der Waals surface area contributed by atoms with Gasteiger partial charge in [0, 0.05) is 11.3 Å². The molecule has 2 aliphatic rings. The number of nitrogens with one attached hydrogen (secondary N) is 1. The first kappa shape index (κ1) is 24.3. The first-order valence-electron chi connectivity index (χ1n) is 11.8. The predicted molar refractivity (Wildman–Crippen MR) is 138 cm³/mol. The number of thioether (sulfide) groups is 1. The number of fused-ring (bicyclic) bond motifs is 2. The van der Waals surface area contributed by atoms with Gasteiger partial charge in [-0.1, -0.05) is 36.7 Å². The zero-order valence-electron chi connectivity index (χ0n) is 19.1. The number of ether oxygens (including phenoxy) is 1. The number of nitrogens with zero attached hydrogens (tertiary/aromatic N) is 5. The van der Waals surface area contributed by atoms with Gasteiger partial charge >= 0.3 is 0 Å². The first-order chi connectivity index (χ1) is 17.5. The van der Waals surface area contributed by atoms with Crippen molar-refractivity contribution in [2.75, 3.05) is 11.9 Å². The van der Waals surface area contributed by atoms with Crippen LogP contribution in [-0.4, -0.2) is 76.0 Å². The quantitative estimate of drug-likeness (QED) is 0.266. The number of aliphatic hydroxyl groups is 3. The molecule has 36 heavy (non-hydrogen) atoms. The Morgan fingerprint density at radius 1 is 1.14 bits per heavy atom. The zero-order valence-corrected chi connectivity index (χ0v) is 21.5. The number of aliphatic hydroxyl groups excluding tert-OH is 3. The van der Waals surface area contributed by atoms with Crippen LogP contribution in [0.1, 0.15) is 31.9 Å². The van der Waals surface area contributed by atoms with Gasteiger partial charge in [-0.3, -0.25) is 4.57 Å². The number of anilines is 1. The summed E-state index contributed by atoms with van der Waals surface area (Å²) in [7, 11) is 0. The number of rotatable bonds is 6. The van der Waals surface area contributed by atoms with Gasteiger partial charge in [-0.15, -0.1) is 11.3 Å². The van der Waals surface area contributed by atoms with Gasteiger partial charge in [0.25, 0.3) is 0 Å². The number of benzene rings is 1. The Kier molecular flexibility index (Phi) is 6.75. The van der Waals surface area contributed by atoms with E-state index in [1.54, 1.807) is 23.1 Å². The number of para-hydroxylation sites is 1. The standard InChI is InChI=1S/C23H25ClN6O4S2/c24-22-28-19(16-20(29-22)30(10-25-16)21-18(33)17(32)13(9-31)34-21)26-11-5-1-3-7-14(11)35-23-27-12-6-2-4-8-15(12)36-23/h2,4,6,8,10-11,13-14,17-18,21,31-33H,1,3,5,7,9H2,(H,26,28,29)/t11?,13-,14?,17-,18-,21-/m1/s1. The second-order valence-electron chi connectivity index (χ2n) is 9.03. The summed E-state index contributed by atoms with van der Waals surface area (Å²) in [5.74, 6) is 0.511. The molecule has 4 heterocycles. The third kappa shape index (κ3) is 4.44. The fraction of sp³-hybridized carbons (Fsp3) is 0.478. The zero-order chi connectivity index (χ0) is 24.8. The van der Waals surface area contributed by atoms with Crippen LogP contribution in [-0.2, 0) is 4.74 Å². The fourth-order valence-electron chi connectivity index (χ4n) is 4.90. The molecule has 13 heteroatoms. The molecule has 4 N–H and O–H groups in total. The normalized spacial score (nSPS) is 28.8. The van der Waals surface area contributed by atoms with Crippen LogP contribution in [0.2, 0.25) is 5.28 Å². The molecule has 3 aromatic heterocycles. The number of hydrogen-bond acceptors (Lipinski definition) is 11. The van der Waals surface area contributed by atoms with E-state index in [1.807, 2.05) is 18.2 Å². The Bertz CT molecular complexity index is 1350. The van der Waals surface area contributed by atoms with Crippen molar-refractivity contribution in [1.82, 2.24) is 24.5 Å². The van der Waals surface area contributed by atoms with Crippen LogP contribution in [0.3, 0.4) is 0 Å². The highest BCUT2D eigenvalue weighted by Gasteiger charge is 2.44. The van der Waals surface area contributed by atoms with Gasteiger partial charge in [-0.05, 0) is 36.6 Å². The molecule has 6 rings (SSSR count). The maximum atomic E-state index is 10.5. The molecule has 1 aromatic carbocycles. The van der Waals surface area contributed by atoms with E-state index in [0.717, 1.165) is 35.5 Å². The molecule has 1 aliphatic heterocycles. The van der Waals surface area contributed by atoms with Crippen molar-refractivity contribution < 1.29 is 20.1 Å². The summed E-state index contributed by atoms with van der Waals surface area (Å²) in [4.78, 5) is 18.0. The van der Waals surface area contributed by atoms with Crippen LogP contribution in [0, 0.1) is 0 Å². The van der Waals surface area contributed by atoms with Gasteiger partial charge in [0.15, 0.2) is 27.5 Å². The average Bonchev–Trinajstić information content (AvgIpc) is 3.56. The van der Waals surface area contributed by atoms with Crippen LogP contribution >= 0.6 is 34.7 Å². The minimum absolute atomic E-state index is 0.0321. The molecule has 2 fully saturated rings. The maximum absolute atomic E-state index is 10.5. The average molecular weight is 549 g/mol. The third-order valence-electron chi connectivity index (χ3n) is 6.74. The Labute approximate surface area is 219 Å². The summed E-state index contributed by atoms with van der Waals surface area (Å²) in [6.45, 7) is -0.417. The molecule has 1 aliphatic carbocycles. The lowest BCUT2D eigenvalue weighted by molar-refractivity contribution is -0.0511. The van der Waals surface area contributed by atoms with Crippen molar-refractivity contribution in [2.24, 2.45) is 0 Å². The highest BCUT2D eigenvalue weighted by molar-refractivity contribution is 8.01. The largest absolute Gasteiger partial charge is 0.394 e. The molecule has 1 saturated heterocycles. The van der Waals surface area contributed by atoms with Crippen LogP contribution in [0.5, 0.6) is 0 Å². The Morgan fingerprint density at radius 2 is 1.97 bits per heavy atom. The van der Waals surface area contributed by atoms with Gasteiger partial charge < -0.3 is 25.4 Å². The highest BCUT2D eigenvalue weighted by Crippen LogP contribution is 2.39. The number of imidazole rings is 1. The second kappa shape index (κ2) is 10.0. The van der Waals surface area contributed by atoms with Crippen LogP contribution in [0.4, 0.5) is 5.82 Å².